The Kier molecular flexibility index (Phi) is 11.9. The second-order valence-electron chi connectivity index (χ2n) is 9.02. The highest BCUT2D eigenvalue weighted by atomic mass is 16.4. The summed E-state index contributed by atoms with van der Waals surface area (Å²) in [6, 6.07) is 16.4. The minimum Gasteiger partial charge on any atom is -0.480 e. The summed E-state index contributed by atoms with van der Waals surface area (Å²) in [7, 11) is 3.99. The number of anilines is 1. The molecule has 8 nitrogen and oxygen atoms in total. The maximum Gasteiger partial charge on any atom is 0.320 e. The molecular formula is C27H38N4O4. The Morgan fingerprint density at radius 2 is 1.49 bits per heavy atom. The van der Waals surface area contributed by atoms with Crippen LogP contribution in [0.15, 0.2) is 60.7 Å². The number of nitrogens with zero attached hydrogens (tertiary/aromatic N) is 1. The molecule has 0 bridgehead atoms. The minimum absolute atomic E-state index is 0.289. The molecule has 0 aliphatic carbocycles. The van der Waals surface area contributed by atoms with Crippen molar-refractivity contribution in [2.45, 2.75) is 57.2 Å². The smallest absolute Gasteiger partial charge is 0.320 e. The monoisotopic (exact) mass is 482 g/mol. The Bertz CT molecular complexity index is 921. The number of unbranched alkanes of at least 4 members (excludes halogenated alkanes) is 1. The quantitative estimate of drug-likeness (QED) is 0.291. The fourth-order valence-electron chi connectivity index (χ4n) is 3.69. The number of carboxylic acids is 1. The van der Waals surface area contributed by atoms with Crippen molar-refractivity contribution in [1.82, 2.24) is 15.5 Å². The first-order chi connectivity index (χ1) is 16.8. The van der Waals surface area contributed by atoms with E-state index in [9.17, 15) is 19.5 Å². The molecule has 0 fully saturated rings. The summed E-state index contributed by atoms with van der Waals surface area (Å²) in [5.41, 5.74) is 1.71. The summed E-state index contributed by atoms with van der Waals surface area (Å²) in [5.74, 6) is -1.71. The van der Waals surface area contributed by atoms with E-state index in [1.165, 1.54) is 6.92 Å². The third kappa shape index (κ3) is 10.7. The van der Waals surface area contributed by atoms with Crippen LogP contribution in [-0.2, 0) is 20.8 Å². The highest BCUT2D eigenvalue weighted by Gasteiger charge is 2.27. The third-order valence-electron chi connectivity index (χ3n) is 5.73. The summed E-state index contributed by atoms with van der Waals surface area (Å²) in [6.07, 6.45) is 3.14. The van der Waals surface area contributed by atoms with Crippen LogP contribution in [0.1, 0.15) is 38.2 Å². The van der Waals surface area contributed by atoms with Crippen molar-refractivity contribution in [2.75, 3.05) is 26.0 Å². The van der Waals surface area contributed by atoms with Gasteiger partial charge in [-0.05, 0) is 77.4 Å². The van der Waals surface area contributed by atoms with Crippen LogP contribution in [0.3, 0.4) is 0 Å². The van der Waals surface area contributed by atoms with Crippen molar-refractivity contribution in [3.63, 3.8) is 0 Å². The molecule has 0 aliphatic rings. The normalized spacial score (nSPS) is 13.6. The van der Waals surface area contributed by atoms with Gasteiger partial charge in [0.25, 0.3) is 0 Å². The third-order valence-corrected chi connectivity index (χ3v) is 5.73. The van der Waals surface area contributed by atoms with Crippen molar-refractivity contribution in [3.05, 3.63) is 66.2 Å². The van der Waals surface area contributed by atoms with Gasteiger partial charge in [0, 0.05) is 5.69 Å². The van der Waals surface area contributed by atoms with E-state index >= 15 is 0 Å². The Balaban J connectivity index is 2.11. The average molecular weight is 483 g/mol. The Hall–Kier alpha value is -3.23. The van der Waals surface area contributed by atoms with Gasteiger partial charge in [0.1, 0.15) is 12.1 Å². The Morgan fingerprint density at radius 1 is 0.857 bits per heavy atom. The fourth-order valence-corrected chi connectivity index (χ4v) is 3.69. The van der Waals surface area contributed by atoms with Gasteiger partial charge in [-0.25, -0.2) is 0 Å². The predicted molar refractivity (Wildman–Crippen MR) is 138 cm³/mol. The zero-order valence-electron chi connectivity index (χ0n) is 20.9. The molecule has 0 heterocycles. The van der Waals surface area contributed by atoms with E-state index in [0.29, 0.717) is 24.9 Å². The number of amides is 2. The predicted octanol–water partition coefficient (Wildman–Crippen LogP) is 2.91. The number of para-hydroxylation sites is 1. The molecule has 0 saturated carbocycles. The number of hydrogen-bond acceptors (Lipinski definition) is 5. The maximum absolute atomic E-state index is 13.3. The lowest BCUT2D eigenvalue weighted by Gasteiger charge is -2.25. The van der Waals surface area contributed by atoms with Crippen molar-refractivity contribution in [1.29, 1.82) is 0 Å². The molecule has 2 aromatic carbocycles. The Morgan fingerprint density at radius 3 is 2.09 bits per heavy atom. The molecule has 0 radical (unpaired) electrons. The van der Waals surface area contributed by atoms with Gasteiger partial charge in [-0.2, -0.15) is 0 Å². The van der Waals surface area contributed by atoms with Crippen LogP contribution in [0.4, 0.5) is 5.69 Å². The molecule has 3 atom stereocenters. The number of carbonyl (C=O) groups is 3. The van der Waals surface area contributed by atoms with E-state index in [2.05, 4.69) is 20.9 Å². The van der Waals surface area contributed by atoms with E-state index in [-0.39, 0.29) is 11.8 Å². The molecule has 8 heteroatoms. The van der Waals surface area contributed by atoms with Crippen LogP contribution >= 0.6 is 0 Å². The zero-order chi connectivity index (χ0) is 25.6. The maximum atomic E-state index is 13.3. The zero-order valence-corrected chi connectivity index (χ0v) is 20.9. The molecule has 0 unspecified atom stereocenters. The lowest BCUT2D eigenvalue weighted by atomic mass is 10.0. The van der Waals surface area contributed by atoms with Gasteiger partial charge < -0.3 is 20.6 Å². The van der Waals surface area contributed by atoms with Crippen LogP contribution in [0.25, 0.3) is 0 Å². The number of carboxylic acid groups (broad SMARTS) is 1. The van der Waals surface area contributed by atoms with Crippen LogP contribution in [-0.4, -0.2) is 66.6 Å². The molecule has 0 saturated heterocycles. The van der Waals surface area contributed by atoms with Gasteiger partial charge in [0.2, 0.25) is 11.8 Å². The van der Waals surface area contributed by atoms with Crippen LogP contribution in [0.5, 0.6) is 0 Å². The molecule has 4 N–H and O–H groups in total. The van der Waals surface area contributed by atoms with E-state index in [1.54, 1.807) is 12.1 Å². The lowest BCUT2D eigenvalue weighted by Crippen LogP contribution is -2.54. The minimum atomic E-state index is -1.04. The van der Waals surface area contributed by atoms with Gasteiger partial charge in [0.15, 0.2) is 0 Å². The van der Waals surface area contributed by atoms with Crippen molar-refractivity contribution < 1.29 is 19.5 Å². The van der Waals surface area contributed by atoms with E-state index in [1.807, 2.05) is 62.6 Å². The molecule has 0 aliphatic heterocycles. The molecule has 35 heavy (non-hydrogen) atoms. The molecule has 0 spiro atoms. The van der Waals surface area contributed by atoms with Gasteiger partial charge in [-0.15, -0.1) is 0 Å². The van der Waals surface area contributed by atoms with E-state index < -0.39 is 24.1 Å². The SMILES string of the molecule is C[C@@H](N[C@@H](CCc1ccccc1)C(=O)N[C@@H](CCCCN(C)C)C(=O)Nc1ccccc1)C(=O)O. The van der Waals surface area contributed by atoms with Crippen LogP contribution < -0.4 is 16.0 Å². The Labute approximate surface area is 208 Å². The molecule has 0 aromatic heterocycles. The van der Waals surface area contributed by atoms with E-state index in [0.717, 1.165) is 24.9 Å². The van der Waals surface area contributed by atoms with Crippen LogP contribution in [0, 0.1) is 0 Å². The van der Waals surface area contributed by atoms with Crippen molar-refractivity contribution >= 4 is 23.5 Å². The number of aryl methyl sites for hydroxylation is 1. The number of carbonyl (C=O) groups excluding carboxylic acids is 2. The molecular weight excluding hydrogens is 444 g/mol. The summed E-state index contributed by atoms with van der Waals surface area (Å²) < 4.78 is 0. The molecule has 2 amide bonds. The molecule has 190 valence electrons. The highest BCUT2D eigenvalue weighted by molar-refractivity contribution is 5.97. The van der Waals surface area contributed by atoms with Crippen LogP contribution in [0.2, 0.25) is 0 Å². The first kappa shape index (κ1) is 28.0. The van der Waals surface area contributed by atoms with Gasteiger partial charge >= 0.3 is 5.97 Å². The largest absolute Gasteiger partial charge is 0.480 e. The second-order valence-corrected chi connectivity index (χ2v) is 9.02. The van der Waals surface area contributed by atoms with Gasteiger partial charge in [0.05, 0.1) is 6.04 Å². The lowest BCUT2D eigenvalue weighted by molar-refractivity contribution is -0.139. The first-order valence-electron chi connectivity index (χ1n) is 12.1. The number of hydrogen-bond donors (Lipinski definition) is 4. The van der Waals surface area contributed by atoms with Gasteiger partial charge in [-0.1, -0.05) is 48.5 Å². The number of benzene rings is 2. The number of nitrogens with one attached hydrogen (secondary N) is 3. The van der Waals surface area contributed by atoms with Gasteiger partial charge in [-0.3, -0.25) is 19.7 Å². The molecule has 2 aromatic rings. The standard InChI is InChI=1S/C27H38N4O4/c1-20(27(34)35)28-24(18-17-21-12-6-4-7-13-21)26(33)30-23(16-10-11-19-31(2)3)25(32)29-22-14-8-5-9-15-22/h4-9,12-15,20,23-24,28H,10-11,16-19H2,1-3H3,(H,29,32)(H,30,33)(H,34,35)/t20-,23+,24+/m1/s1. The van der Waals surface area contributed by atoms with Crippen molar-refractivity contribution in [2.24, 2.45) is 0 Å². The summed E-state index contributed by atoms with van der Waals surface area (Å²) >= 11 is 0. The fraction of sp³-hybridized carbons (Fsp3) is 0.444. The second kappa shape index (κ2) is 14.9. The first-order valence-corrected chi connectivity index (χ1v) is 12.1. The van der Waals surface area contributed by atoms with E-state index in [4.69, 9.17) is 0 Å². The van der Waals surface area contributed by atoms with Crippen molar-refractivity contribution in [3.8, 4) is 0 Å². The average Bonchev–Trinajstić information content (AvgIpc) is 2.84. The summed E-state index contributed by atoms with van der Waals surface area (Å²) in [6.45, 7) is 2.39. The summed E-state index contributed by atoms with van der Waals surface area (Å²) in [4.78, 5) is 39.8. The highest BCUT2D eigenvalue weighted by Crippen LogP contribution is 2.11. The molecule has 2 rings (SSSR count). The topological polar surface area (TPSA) is 111 Å². The number of rotatable bonds is 15. The number of aliphatic carboxylic acids is 1. The summed E-state index contributed by atoms with van der Waals surface area (Å²) in [5, 5.41) is 18.0.